The van der Waals surface area contributed by atoms with Crippen molar-refractivity contribution in [2.24, 2.45) is 0 Å². The molecule has 0 unspecified atom stereocenters. The minimum absolute atomic E-state index is 0.0308. The molecule has 0 spiro atoms. The molecule has 0 saturated heterocycles. The number of aromatic amines is 1. The largest absolute Gasteiger partial charge is 0.465 e. The third-order valence-corrected chi connectivity index (χ3v) is 4.84. The summed E-state index contributed by atoms with van der Waals surface area (Å²) in [5, 5.41) is 1.60. The molecule has 0 saturated carbocycles. The Balaban J connectivity index is 2.05. The van der Waals surface area contributed by atoms with Crippen LogP contribution in [0.4, 0.5) is 0 Å². The fourth-order valence-electron chi connectivity index (χ4n) is 2.39. The fourth-order valence-corrected chi connectivity index (χ4v) is 3.60. The van der Waals surface area contributed by atoms with Crippen LogP contribution < -0.4 is 5.43 Å². The number of carbonyl (C=O) groups is 1. The molecular formula is C18H14ClNO3S. The van der Waals surface area contributed by atoms with Crippen molar-refractivity contribution in [3.63, 3.8) is 0 Å². The average molecular weight is 360 g/mol. The first-order chi connectivity index (χ1) is 11.6. The molecule has 3 rings (SSSR count). The molecule has 0 aliphatic carbocycles. The second-order valence-electron chi connectivity index (χ2n) is 5.11. The van der Waals surface area contributed by atoms with Crippen LogP contribution in [0.2, 0.25) is 5.02 Å². The van der Waals surface area contributed by atoms with E-state index in [4.69, 9.17) is 16.3 Å². The Labute approximate surface area is 147 Å². The Morgan fingerprint density at radius 1 is 1.21 bits per heavy atom. The molecule has 0 radical (unpaired) electrons. The molecule has 1 N–H and O–H groups in total. The maximum absolute atomic E-state index is 12.7. The lowest BCUT2D eigenvalue weighted by atomic mass is 10.1. The number of halogens is 1. The highest BCUT2D eigenvalue weighted by Gasteiger charge is 2.20. The molecule has 0 aliphatic rings. The second kappa shape index (κ2) is 7.11. The quantitative estimate of drug-likeness (QED) is 0.558. The summed E-state index contributed by atoms with van der Waals surface area (Å²) < 4.78 is 4.78. The minimum Gasteiger partial charge on any atom is -0.465 e. The fraction of sp³-hybridized carbons (Fsp3) is 0.111. The van der Waals surface area contributed by atoms with Crippen LogP contribution in [0, 0.1) is 0 Å². The number of fused-ring (bicyclic) bond motifs is 1. The molecule has 4 nitrogen and oxygen atoms in total. The second-order valence-corrected chi connectivity index (χ2v) is 6.54. The van der Waals surface area contributed by atoms with Gasteiger partial charge < -0.3 is 9.72 Å². The predicted octanol–water partition coefficient (Wildman–Crippen LogP) is 4.26. The SMILES string of the molecule is COC(=O)c1c(SCc2cccc(Cl)c2)[nH]c2ccccc2c1=O. The minimum atomic E-state index is -0.643. The smallest absolute Gasteiger partial charge is 0.344 e. The first-order valence-electron chi connectivity index (χ1n) is 7.20. The van der Waals surface area contributed by atoms with Crippen molar-refractivity contribution in [3.05, 3.63) is 74.9 Å². The molecule has 0 aliphatic heterocycles. The van der Waals surface area contributed by atoms with E-state index in [0.717, 1.165) is 5.56 Å². The van der Waals surface area contributed by atoms with E-state index < -0.39 is 5.97 Å². The number of methoxy groups -OCH3 is 1. The summed E-state index contributed by atoms with van der Waals surface area (Å²) in [4.78, 5) is 27.9. The van der Waals surface area contributed by atoms with E-state index in [1.54, 1.807) is 24.3 Å². The van der Waals surface area contributed by atoms with Gasteiger partial charge in [-0.05, 0) is 29.8 Å². The van der Waals surface area contributed by atoms with Crippen LogP contribution in [0.25, 0.3) is 10.9 Å². The molecule has 0 atom stereocenters. The maximum atomic E-state index is 12.7. The Hall–Kier alpha value is -2.24. The van der Waals surface area contributed by atoms with Crippen LogP contribution in [0.5, 0.6) is 0 Å². The van der Waals surface area contributed by atoms with Gasteiger partial charge in [-0.15, -0.1) is 11.8 Å². The number of hydrogen-bond donors (Lipinski definition) is 1. The molecule has 3 aromatic rings. The lowest BCUT2D eigenvalue weighted by Gasteiger charge is -2.10. The number of benzene rings is 2. The Morgan fingerprint density at radius 3 is 2.75 bits per heavy atom. The lowest BCUT2D eigenvalue weighted by molar-refractivity contribution is 0.0594. The summed E-state index contributed by atoms with van der Waals surface area (Å²) in [6.45, 7) is 0. The highest BCUT2D eigenvalue weighted by Crippen LogP contribution is 2.26. The number of H-pyrrole nitrogens is 1. The van der Waals surface area contributed by atoms with E-state index >= 15 is 0 Å². The number of esters is 1. The standard InChI is InChI=1S/C18H14ClNO3S/c1-23-18(22)15-16(21)13-7-2-3-8-14(13)20-17(15)24-10-11-5-4-6-12(19)9-11/h2-9H,10H2,1H3,(H,20,21). The van der Waals surface area contributed by atoms with Crippen LogP contribution in [0.3, 0.4) is 0 Å². The molecule has 0 bridgehead atoms. The van der Waals surface area contributed by atoms with Crippen molar-refractivity contribution < 1.29 is 9.53 Å². The number of hydrogen-bond acceptors (Lipinski definition) is 4. The monoisotopic (exact) mass is 359 g/mol. The zero-order valence-corrected chi connectivity index (χ0v) is 14.4. The van der Waals surface area contributed by atoms with Crippen molar-refractivity contribution in [3.8, 4) is 0 Å². The van der Waals surface area contributed by atoms with Crippen molar-refractivity contribution >= 4 is 40.2 Å². The summed E-state index contributed by atoms with van der Waals surface area (Å²) >= 11 is 7.36. The third-order valence-electron chi connectivity index (χ3n) is 3.54. The number of carbonyl (C=O) groups excluding carboxylic acids is 1. The summed E-state index contributed by atoms with van der Waals surface area (Å²) in [5.41, 5.74) is 1.38. The van der Waals surface area contributed by atoms with Gasteiger partial charge in [0.1, 0.15) is 5.56 Å². The van der Waals surface area contributed by atoms with Gasteiger partial charge in [0, 0.05) is 16.2 Å². The van der Waals surface area contributed by atoms with Gasteiger partial charge in [0.25, 0.3) is 0 Å². The molecule has 122 valence electrons. The van der Waals surface area contributed by atoms with Crippen molar-refractivity contribution in [1.29, 1.82) is 0 Å². The van der Waals surface area contributed by atoms with Crippen LogP contribution in [-0.2, 0) is 10.5 Å². The zero-order chi connectivity index (χ0) is 17.1. The summed E-state index contributed by atoms with van der Waals surface area (Å²) in [6, 6.07) is 14.5. The van der Waals surface area contributed by atoms with Gasteiger partial charge in [0.15, 0.2) is 0 Å². The zero-order valence-electron chi connectivity index (χ0n) is 12.8. The summed E-state index contributed by atoms with van der Waals surface area (Å²) in [7, 11) is 1.27. The number of nitrogens with one attached hydrogen (secondary N) is 1. The van der Waals surface area contributed by atoms with Crippen LogP contribution >= 0.6 is 23.4 Å². The van der Waals surface area contributed by atoms with Gasteiger partial charge in [-0.3, -0.25) is 4.79 Å². The summed E-state index contributed by atoms with van der Waals surface area (Å²) in [6.07, 6.45) is 0. The normalized spacial score (nSPS) is 10.8. The molecular weight excluding hydrogens is 346 g/mol. The van der Waals surface area contributed by atoms with Gasteiger partial charge in [-0.2, -0.15) is 0 Å². The molecule has 6 heteroatoms. The van der Waals surface area contributed by atoms with E-state index in [1.165, 1.54) is 18.9 Å². The van der Waals surface area contributed by atoms with Crippen LogP contribution in [0.15, 0.2) is 58.4 Å². The lowest BCUT2D eigenvalue weighted by Crippen LogP contribution is -2.19. The molecule has 2 aromatic carbocycles. The van der Waals surface area contributed by atoms with Gasteiger partial charge in [0.05, 0.1) is 17.7 Å². The van der Waals surface area contributed by atoms with Crippen molar-refractivity contribution in [2.75, 3.05) is 7.11 Å². The first-order valence-corrected chi connectivity index (χ1v) is 8.57. The van der Waals surface area contributed by atoms with E-state index in [9.17, 15) is 9.59 Å². The van der Waals surface area contributed by atoms with Crippen LogP contribution in [-0.4, -0.2) is 18.1 Å². The topological polar surface area (TPSA) is 59.2 Å². The molecule has 0 fully saturated rings. The predicted molar refractivity (Wildman–Crippen MR) is 96.9 cm³/mol. The number of aromatic nitrogens is 1. The number of rotatable bonds is 4. The van der Waals surface area contributed by atoms with E-state index in [2.05, 4.69) is 4.98 Å². The summed E-state index contributed by atoms with van der Waals surface area (Å²) in [5.74, 6) is -0.0747. The van der Waals surface area contributed by atoms with Gasteiger partial charge in [0.2, 0.25) is 5.43 Å². The average Bonchev–Trinajstić information content (AvgIpc) is 2.59. The highest BCUT2D eigenvalue weighted by molar-refractivity contribution is 7.98. The molecule has 0 amide bonds. The third kappa shape index (κ3) is 3.32. The van der Waals surface area contributed by atoms with E-state index in [-0.39, 0.29) is 11.0 Å². The van der Waals surface area contributed by atoms with Gasteiger partial charge in [-0.1, -0.05) is 35.9 Å². The van der Waals surface area contributed by atoms with Gasteiger partial charge in [-0.25, -0.2) is 4.79 Å². The maximum Gasteiger partial charge on any atom is 0.344 e. The Bertz CT molecular complexity index is 968. The molecule has 1 aromatic heterocycles. The first kappa shape index (κ1) is 16.6. The Kier molecular flexibility index (Phi) is 4.92. The van der Waals surface area contributed by atoms with E-state index in [0.29, 0.717) is 26.7 Å². The number of ether oxygens (including phenoxy) is 1. The highest BCUT2D eigenvalue weighted by atomic mass is 35.5. The number of thioether (sulfide) groups is 1. The van der Waals surface area contributed by atoms with Crippen molar-refractivity contribution in [2.45, 2.75) is 10.8 Å². The van der Waals surface area contributed by atoms with Crippen LogP contribution in [0.1, 0.15) is 15.9 Å². The molecule has 1 heterocycles. The number of pyridine rings is 1. The Morgan fingerprint density at radius 2 is 2.00 bits per heavy atom. The van der Waals surface area contributed by atoms with E-state index in [1.807, 2.05) is 24.3 Å². The molecule has 24 heavy (non-hydrogen) atoms. The van der Waals surface area contributed by atoms with Gasteiger partial charge >= 0.3 is 5.97 Å². The number of para-hydroxylation sites is 1. The van der Waals surface area contributed by atoms with Crippen molar-refractivity contribution in [1.82, 2.24) is 4.98 Å².